The number of nitrogens with one attached hydrogen (secondary N) is 1. The lowest BCUT2D eigenvalue weighted by atomic mass is 10.2. The summed E-state index contributed by atoms with van der Waals surface area (Å²) < 4.78 is 53.6. The van der Waals surface area contributed by atoms with Crippen LogP contribution < -0.4 is 5.32 Å². The Balaban J connectivity index is 1.73. The molecule has 0 aliphatic heterocycles. The van der Waals surface area contributed by atoms with E-state index in [1.165, 1.54) is 0 Å². The molecule has 0 bridgehead atoms. The molecule has 0 heterocycles. The molecule has 0 unspecified atom stereocenters. The predicted octanol–water partition coefficient (Wildman–Crippen LogP) is 3.31. The van der Waals surface area contributed by atoms with Crippen LogP contribution in [-0.4, -0.2) is 137 Å². The molecule has 0 aliphatic rings. The third kappa shape index (κ3) is 25.6. The van der Waals surface area contributed by atoms with Crippen LogP contribution in [0, 0.1) is 0 Å². The normalized spacial score (nSPS) is 11.0. The van der Waals surface area contributed by atoms with Crippen LogP contribution in [0.5, 0.6) is 0 Å². The van der Waals surface area contributed by atoms with Crippen molar-refractivity contribution >= 4 is 17.6 Å². The van der Waals surface area contributed by atoms with Gasteiger partial charge in [-0.2, -0.15) is 0 Å². The van der Waals surface area contributed by atoms with Gasteiger partial charge >= 0.3 is 11.9 Å². The van der Waals surface area contributed by atoms with Crippen LogP contribution in [0.1, 0.15) is 37.0 Å². The number of unbranched alkanes of at least 4 members (excludes halogenated alkanes) is 1. The molecule has 13 nitrogen and oxygen atoms in total. The van der Waals surface area contributed by atoms with E-state index in [9.17, 15) is 9.59 Å². The number of benzene rings is 1. The summed E-state index contributed by atoms with van der Waals surface area (Å²) in [5, 5.41) is 3.31. The molecule has 0 aromatic heterocycles. The third-order valence-corrected chi connectivity index (χ3v) is 5.85. The highest BCUT2D eigenvalue weighted by molar-refractivity contribution is 5.89. The number of esters is 2. The molecular formula is C33H55NO12. The van der Waals surface area contributed by atoms with Gasteiger partial charge in [0, 0.05) is 17.8 Å². The molecular weight excluding hydrogens is 602 g/mol. The van der Waals surface area contributed by atoms with Gasteiger partial charge in [0.1, 0.15) is 13.2 Å². The van der Waals surface area contributed by atoms with Crippen LogP contribution in [0.3, 0.4) is 0 Å². The van der Waals surface area contributed by atoms with Gasteiger partial charge in [-0.1, -0.05) is 19.9 Å². The van der Waals surface area contributed by atoms with Crippen molar-refractivity contribution in [3.63, 3.8) is 0 Å². The van der Waals surface area contributed by atoms with Crippen LogP contribution in [0.15, 0.2) is 36.4 Å². The molecule has 0 saturated heterocycles. The highest BCUT2D eigenvalue weighted by atomic mass is 16.6. The van der Waals surface area contributed by atoms with Gasteiger partial charge in [0.2, 0.25) is 0 Å². The fourth-order valence-electron chi connectivity index (χ4n) is 3.37. The number of rotatable bonds is 33. The molecule has 0 amide bonds. The Morgan fingerprint density at radius 2 is 0.913 bits per heavy atom. The average molecular weight is 658 g/mol. The molecule has 0 atom stereocenters. The second-order valence-corrected chi connectivity index (χ2v) is 9.81. The smallest absolute Gasteiger partial charge is 0.338 e. The summed E-state index contributed by atoms with van der Waals surface area (Å²) in [7, 11) is 0. The Bertz CT molecular complexity index is 884. The second-order valence-electron chi connectivity index (χ2n) is 9.81. The molecule has 0 radical (unpaired) electrons. The highest BCUT2D eigenvalue weighted by Crippen LogP contribution is 2.11. The predicted molar refractivity (Wildman–Crippen MR) is 172 cm³/mol. The van der Waals surface area contributed by atoms with E-state index >= 15 is 0 Å². The van der Waals surface area contributed by atoms with E-state index in [0.717, 1.165) is 25.1 Å². The minimum Gasteiger partial charge on any atom is -0.460 e. The first-order chi connectivity index (χ1) is 22.5. The Morgan fingerprint density at radius 1 is 0.565 bits per heavy atom. The molecule has 1 aromatic rings. The van der Waals surface area contributed by atoms with Gasteiger partial charge in [-0.3, -0.25) is 0 Å². The summed E-state index contributed by atoms with van der Waals surface area (Å²) in [6, 6.07) is 7.27. The first-order valence-electron chi connectivity index (χ1n) is 16.0. The van der Waals surface area contributed by atoms with Crippen molar-refractivity contribution in [2.24, 2.45) is 0 Å². The maximum Gasteiger partial charge on any atom is 0.338 e. The molecule has 1 N–H and O–H groups in total. The number of ether oxygens (including phenoxy) is 10. The lowest BCUT2D eigenvalue weighted by molar-refractivity contribution is -0.140. The third-order valence-electron chi connectivity index (χ3n) is 5.85. The summed E-state index contributed by atoms with van der Waals surface area (Å²) in [6.07, 6.45) is 2.24. The van der Waals surface area contributed by atoms with Crippen molar-refractivity contribution in [1.82, 2.24) is 0 Å². The Kier molecular flexibility index (Phi) is 27.9. The van der Waals surface area contributed by atoms with Gasteiger partial charge in [-0.15, -0.1) is 0 Å². The Hall–Kier alpha value is -2.62. The minimum absolute atomic E-state index is 0.186. The number of carbonyl (C=O) groups excluding carboxylic acids is 2. The molecule has 0 spiro atoms. The summed E-state index contributed by atoms with van der Waals surface area (Å²) in [6.45, 7) is 15.6. The zero-order valence-corrected chi connectivity index (χ0v) is 27.8. The first kappa shape index (κ1) is 41.4. The summed E-state index contributed by atoms with van der Waals surface area (Å²) in [5.41, 5.74) is 1.87. The summed E-state index contributed by atoms with van der Waals surface area (Å²) in [5.74, 6) is -0.782. The Labute approximate surface area is 274 Å². The highest BCUT2D eigenvalue weighted by Gasteiger charge is 2.07. The SMILES string of the molecule is C=C(C)C(=O)OCCOCCOCCOCCOCCOCCOCCOCCOCCOC(=O)c1ccc(NCCCC)cc1. The van der Waals surface area contributed by atoms with Gasteiger partial charge in [-0.05, 0) is 37.6 Å². The number of carbonyl (C=O) groups is 2. The molecule has 0 aliphatic carbocycles. The zero-order valence-electron chi connectivity index (χ0n) is 27.8. The molecule has 1 rings (SSSR count). The maximum atomic E-state index is 12.1. The quantitative estimate of drug-likeness (QED) is 0.0673. The molecule has 0 saturated carbocycles. The largest absolute Gasteiger partial charge is 0.460 e. The van der Waals surface area contributed by atoms with Gasteiger partial charge < -0.3 is 52.7 Å². The van der Waals surface area contributed by atoms with E-state index in [-0.39, 0.29) is 19.2 Å². The van der Waals surface area contributed by atoms with Gasteiger partial charge in [0.15, 0.2) is 0 Å². The summed E-state index contributed by atoms with van der Waals surface area (Å²) in [4.78, 5) is 23.3. The zero-order chi connectivity index (χ0) is 33.3. The first-order valence-corrected chi connectivity index (χ1v) is 16.0. The van der Waals surface area contributed by atoms with Crippen molar-refractivity contribution in [2.75, 3.05) is 131 Å². The van der Waals surface area contributed by atoms with Crippen molar-refractivity contribution in [3.05, 3.63) is 42.0 Å². The molecule has 13 heteroatoms. The second kappa shape index (κ2) is 31.0. The molecule has 264 valence electrons. The monoisotopic (exact) mass is 657 g/mol. The lowest BCUT2D eigenvalue weighted by Crippen LogP contribution is -2.16. The van der Waals surface area contributed by atoms with Gasteiger partial charge in [0.05, 0.1) is 111 Å². The van der Waals surface area contributed by atoms with Crippen LogP contribution in [0.4, 0.5) is 5.69 Å². The number of hydrogen-bond donors (Lipinski definition) is 1. The van der Waals surface area contributed by atoms with E-state index in [2.05, 4.69) is 18.8 Å². The number of hydrogen-bond acceptors (Lipinski definition) is 13. The van der Waals surface area contributed by atoms with E-state index < -0.39 is 5.97 Å². The summed E-state index contributed by atoms with van der Waals surface area (Å²) >= 11 is 0. The standard InChI is InChI=1S/C33H55NO12/c1-4-5-10-34-31-8-6-30(7-9-31)33(36)46-28-26-44-24-22-42-20-18-40-16-14-38-12-11-37-13-15-39-17-19-41-21-23-43-25-27-45-32(35)29(2)3/h6-9,34H,2,4-5,10-28H2,1,3H3. The van der Waals surface area contributed by atoms with Gasteiger partial charge in [0.25, 0.3) is 0 Å². The van der Waals surface area contributed by atoms with Crippen LogP contribution in [0.2, 0.25) is 0 Å². The Morgan fingerprint density at radius 3 is 1.26 bits per heavy atom. The number of anilines is 1. The van der Waals surface area contributed by atoms with Crippen LogP contribution in [-0.2, 0) is 52.2 Å². The van der Waals surface area contributed by atoms with Crippen LogP contribution in [0.25, 0.3) is 0 Å². The maximum absolute atomic E-state index is 12.1. The fourth-order valence-corrected chi connectivity index (χ4v) is 3.37. The van der Waals surface area contributed by atoms with E-state index in [1.54, 1.807) is 19.1 Å². The van der Waals surface area contributed by atoms with Gasteiger partial charge in [-0.25, -0.2) is 9.59 Å². The van der Waals surface area contributed by atoms with Crippen molar-refractivity contribution in [2.45, 2.75) is 26.7 Å². The van der Waals surface area contributed by atoms with E-state index in [4.69, 9.17) is 47.4 Å². The lowest BCUT2D eigenvalue weighted by Gasteiger charge is -2.09. The molecule has 46 heavy (non-hydrogen) atoms. The van der Waals surface area contributed by atoms with Crippen molar-refractivity contribution < 1.29 is 57.0 Å². The van der Waals surface area contributed by atoms with Crippen molar-refractivity contribution in [1.29, 1.82) is 0 Å². The van der Waals surface area contributed by atoms with Crippen LogP contribution >= 0.6 is 0 Å². The topological polar surface area (TPSA) is 138 Å². The fraction of sp³-hybridized carbons (Fsp3) is 0.697. The average Bonchev–Trinajstić information content (AvgIpc) is 3.06. The molecule has 1 aromatic carbocycles. The minimum atomic E-state index is -0.416. The molecule has 0 fully saturated rings. The van der Waals surface area contributed by atoms with E-state index in [1.807, 2.05) is 12.1 Å². The van der Waals surface area contributed by atoms with Crippen molar-refractivity contribution in [3.8, 4) is 0 Å². The van der Waals surface area contributed by atoms with E-state index in [0.29, 0.717) is 117 Å².